The Morgan fingerprint density at radius 2 is 1.96 bits per heavy atom. The monoisotopic (exact) mass is 337 g/mol. The lowest BCUT2D eigenvalue weighted by atomic mass is 10.1. The minimum Gasteiger partial charge on any atom is -0.366 e. The zero-order valence-corrected chi connectivity index (χ0v) is 14.5. The van der Waals surface area contributed by atoms with Gasteiger partial charge >= 0.3 is 0 Å². The smallest absolute Gasteiger partial charge is 0.241 e. The van der Waals surface area contributed by atoms with Crippen molar-refractivity contribution in [3.05, 3.63) is 47.8 Å². The fourth-order valence-corrected chi connectivity index (χ4v) is 3.09. The third-order valence-electron chi connectivity index (χ3n) is 4.94. The number of aromatic nitrogens is 2. The Morgan fingerprint density at radius 1 is 1.16 bits per heavy atom. The molecule has 0 radical (unpaired) electrons. The van der Waals surface area contributed by atoms with Crippen molar-refractivity contribution in [2.75, 3.05) is 36.9 Å². The summed E-state index contributed by atoms with van der Waals surface area (Å²) in [6.45, 7) is 2.61. The molecule has 1 N–H and O–H groups in total. The Hall–Kier alpha value is -2.63. The van der Waals surface area contributed by atoms with E-state index >= 15 is 0 Å². The number of likely N-dealkylation sites (N-methyl/N-ethyl adjacent to an activating group) is 1. The van der Waals surface area contributed by atoms with E-state index in [4.69, 9.17) is 0 Å². The number of carbonyl (C=O) groups excluding carboxylic acids is 1. The van der Waals surface area contributed by atoms with Crippen LogP contribution in [0.1, 0.15) is 29.9 Å². The van der Waals surface area contributed by atoms with Crippen molar-refractivity contribution in [2.45, 2.75) is 25.3 Å². The largest absolute Gasteiger partial charge is 0.366 e. The van der Waals surface area contributed by atoms with Crippen LogP contribution in [0, 0.1) is 0 Å². The molecule has 6 nitrogen and oxygen atoms in total. The van der Waals surface area contributed by atoms with E-state index in [-0.39, 0.29) is 5.91 Å². The van der Waals surface area contributed by atoms with Crippen LogP contribution in [0.5, 0.6) is 0 Å². The molecule has 25 heavy (non-hydrogen) atoms. The van der Waals surface area contributed by atoms with Crippen molar-refractivity contribution < 1.29 is 4.79 Å². The Bertz CT molecular complexity index is 757. The lowest BCUT2D eigenvalue weighted by molar-refractivity contribution is -0.129. The van der Waals surface area contributed by atoms with Crippen LogP contribution < -0.4 is 10.2 Å². The third-order valence-corrected chi connectivity index (χ3v) is 4.94. The molecule has 0 bridgehead atoms. The molecule has 1 saturated heterocycles. The van der Waals surface area contributed by atoms with Crippen molar-refractivity contribution in [3.63, 3.8) is 0 Å². The van der Waals surface area contributed by atoms with Crippen LogP contribution in [-0.4, -0.2) is 47.5 Å². The summed E-state index contributed by atoms with van der Waals surface area (Å²) in [4.78, 5) is 24.2. The third kappa shape index (κ3) is 3.73. The normalized spacial score (nSPS) is 17.7. The number of rotatable bonds is 5. The average molecular weight is 337 g/mol. The van der Waals surface area contributed by atoms with E-state index in [2.05, 4.69) is 39.6 Å². The molecule has 0 spiro atoms. The lowest BCUT2D eigenvalue weighted by Crippen LogP contribution is -2.48. The maximum absolute atomic E-state index is 11.9. The molecule has 2 aliphatic rings. The molecule has 4 rings (SSSR count). The van der Waals surface area contributed by atoms with Crippen LogP contribution in [0.25, 0.3) is 0 Å². The molecule has 0 atom stereocenters. The van der Waals surface area contributed by atoms with Crippen LogP contribution >= 0.6 is 0 Å². The summed E-state index contributed by atoms with van der Waals surface area (Å²) in [7, 11) is 1.83. The van der Waals surface area contributed by atoms with Crippen molar-refractivity contribution >= 4 is 17.5 Å². The maximum Gasteiger partial charge on any atom is 0.241 e. The predicted octanol–water partition coefficient (Wildman–Crippen LogP) is 2.24. The van der Waals surface area contributed by atoms with Gasteiger partial charge in [-0.1, -0.05) is 24.3 Å². The number of benzene rings is 1. The van der Waals surface area contributed by atoms with E-state index in [1.54, 1.807) is 11.2 Å². The first-order valence-corrected chi connectivity index (χ1v) is 8.83. The van der Waals surface area contributed by atoms with Crippen molar-refractivity contribution in [3.8, 4) is 0 Å². The minimum absolute atomic E-state index is 0.120. The summed E-state index contributed by atoms with van der Waals surface area (Å²) in [5.74, 6) is 2.48. The van der Waals surface area contributed by atoms with E-state index < -0.39 is 0 Å². The van der Waals surface area contributed by atoms with Crippen LogP contribution in [0.15, 0.2) is 36.7 Å². The number of hydrogen-bond donors (Lipinski definition) is 1. The van der Waals surface area contributed by atoms with Gasteiger partial charge in [-0.25, -0.2) is 9.97 Å². The van der Waals surface area contributed by atoms with Crippen molar-refractivity contribution in [1.82, 2.24) is 14.9 Å². The first-order valence-electron chi connectivity index (χ1n) is 8.83. The fraction of sp³-hybridized carbons (Fsp3) is 0.421. The highest BCUT2D eigenvalue weighted by Gasteiger charge is 2.23. The lowest BCUT2D eigenvalue weighted by Gasteiger charge is -2.32. The van der Waals surface area contributed by atoms with E-state index in [1.165, 1.54) is 24.0 Å². The van der Waals surface area contributed by atoms with Gasteiger partial charge in [0.25, 0.3) is 0 Å². The molecule has 130 valence electrons. The van der Waals surface area contributed by atoms with Gasteiger partial charge in [0.05, 0.1) is 6.54 Å². The van der Waals surface area contributed by atoms with Gasteiger partial charge < -0.3 is 15.1 Å². The number of amides is 1. The molecule has 1 aromatic carbocycles. The SMILES string of the molecule is CN1CCN(c2cc(NCc3ccc(C4CC4)cc3)ncn2)CC1=O. The Labute approximate surface area is 147 Å². The second kappa shape index (κ2) is 6.70. The molecule has 1 saturated carbocycles. The molecular formula is C19H23N5O. The minimum atomic E-state index is 0.120. The zero-order chi connectivity index (χ0) is 17.2. The van der Waals surface area contributed by atoms with Crippen LogP contribution in [-0.2, 0) is 11.3 Å². The summed E-state index contributed by atoms with van der Waals surface area (Å²) in [6, 6.07) is 10.7. The Balaban J connectivity index is 1.38. The summed E-state index contributed by atoms with van der Waals surface area (Å²) < 4.78 is 0. The second-order valence-corrected chi connectivity index (χ2v) is 6.87. The number of piperazine rings is 1. The molecule has 1 aliphatic carbocycles. The molecule has 1 aliphatic heterocycles. The van der Waals surface area contributed by atoms with Crippen molar-refractivity contribution in [1.29, 1.82) is 0 Å². The second-order valence-electron chi connectivity index (χ2n) is 6.87. The van der Waals surface area contributed by atoms with Gasteiger partial charge in [-0.3, -0.25) is 4.79 Å². The van der Waals surface area contributed by atoms with E-state index in [1.807, 2.05) is 18.0 Å². The number of anilines is 2. The van der Waals surface area contributed by atoms with Gasteiger partial charge in [0.15, 0.2) is 0 Å². The van der Waals surface area contributed by atoms with Gasteiger partial charge in [0.2, 0.25) is 5.91 Å². The van der Waals surface area contributed by atoms with Gasteiger partial charge in [-0.15, -0.1) is 0 Å². The number of carbonyl (C=O) groups is 1. The van der Waals surface area contributed by atoms with E-state index in [9.17, 15) is 4.79 Å². The number of nitrogens with zero attached hydrogens (tertiary/aromatic N) is 4. The van der Waals surface area contributed by atoms with Gasteiger partial charge in [-0.2, -0.15) is 0 Å². The van der Waals surface area contributed by atoms with Crippen LogP contribution in [0.2, 0.25) is 0 Å². The molecule has 2 aromatic rings. The van der Waals surface area contributed by atoms with Crippen molar-refractivity contribution in [2.24, 2.45) is 0 Å². The standard InChI is InChI=1S/C19H23N5O/c1-23-8-9-24(12-19(23)25)18-10-17(21-13-22-18)20-11-14-2-4-15(5-3-14)16-6-7-16/h2-5,10,13,16H,6-9,11-12H2,1H3,(H,20,21,22). The van der Waals surface area contributed by atoms with Crippen LogP contribution in [0.3, 0.4) is 0 Å². The molecule has 2 heterocycles. The Morgan fingerprint density at radius 3 is 2.68 bits per heavy atom. The van der Waals surface area contributed by atoms with Gasteiger partial charge in [0.1, 0.15) is 18.0 Å². The highest BCUT2D eigenvalue weighted by Crippen LogP contribution is 2.39. The zero-order valence-electron chi connectivity index (χ0n) is 14.5. The first-order chi connectivity index (χ1) is 12.2. The average Bonchev–Trinajstić information content (AvgIpc) is 3.48. The number of nitrogens with one attached hydrogen (secondary N) is 1. The van der Waals surface area contributed by atoms with Crippen LogP contribution in [0.4, 0.5) is 11.6 Å². The summed E-state index contributed by atoms with van der Waals surface area (Å²) in [5, 5.41) is 3.35. The molecule has 6 heteroatoms. The number of hydrogen-bond acceptors (Lipinski definition) is 5. The molecule has 0 unspecified atom stereocenters. The molecule has 2 fully saturated rings. The topological polar surface area (TPSA) is 61.4 Å². The summed E-state index contributed by atoms with van der Waals surface area (Å²) in [6.07, 6.45) is 4.21. The Kier molecular flexibility index (Phi) is 4.26. The first kappa shape index (κ1) is 15.9. The summed E-state index contributed by atoms with van der Waals surface area (Å²) >= 11 is 0. The maximum atomic E-state index is 11.9. The fourth-order valence-electron chi connectivity index (χ4n) is 3.09. The molecule has 1 amide bonds. The van der Waals surface area contributed by atoms with Gasteiger partial charge in [-0.05, 0) is 29.9 Å². The quantitative estimate of drug-likeness (QED) is 0.907. The van der Waals surface area contributed by atoms with E-state index in [0.29, 0.717) is 6.54 Å². The highest BCUT2D eigenvalue weighted by molar-refractivity contribution is 5.82. The molecular weight excluding hydrogens is 314 g/mol. The highest BCUT2D eigenvalue weighted by atomic mass is 16.2. The molecule has 1 aromatic heterocycles. The predicted molar refractivity (Wildman–Crippen MR) is 97.6 cm³/mol. The van der Waals surface area contributed by atoms with E-state index in [0.717, 1.165) is 37.2 Å². The van der Waals surface area contributed by atoms with Gasteiger partial charge in [0, 0.05) is 32.7 Å². The summed E-state index contributed by atoms with van der Waals surface area (Å²) in [5.41, 5.74) is 2.69.